The van der Waals surface area contributed by atoms with E-state index in [4.69, 9.17) is 15.2 Å². The Kier molecular flexibility index (Phi) is 6.39. The third kappa shape index (κ3) is 5.53. The van der Waals surface area contributed by atoms with Gasteiger partial charge in [0.25, 0.3) is 0 Å². The Morgan fingerprint density at radius 3 is 2.40 bits per heavy atom. The van der Waals surface area contributed by atoms with Gasteiger partial charge in [-0.2, -0.15) is 0 Å². The molecule has 0 bridgehead atoms. The summed E-state index contributed by atoms with van der Waals surface area (Å²) in [5.74, 6) is 0.831. The van der Waals surface area contributed by atoms with E-state index in [1.165, 1.54) is 0 Å². The molecule has 0 aromatic heterocycles. The van der Waals surface area contributed by atoms with Crippen LogP contribution in [0.1, 0.15) is 28.8 Å². The van der Waals surface area contributed by atoms with Crippen molar-refractivity contribution in [3.05, 3.63) is 53.6 Å². The van der Waals surface area contributed by atoms with Crippen LogP contribution in [0, 0.1) is 6.92 Å². The Labute approximate surface area is 146 Å². The van der Waals surface area contributed by atoms with Gasteiger partial charge < -0.3 is 20.5 Å². The van der Waals surface area contributed by atoms with Gasteiger partial charge in [-0.05, 0) is 55.3 Å². The molecule has 0 unspecified atom stereocenters. The number of aryl methyl sites for hydroxylation is 1. The summed E-state index contributed by atoms with van der Waals surface area (Å²) in [6.07, 6.45) is 0.892. The molecular formula is C19H22N2O4. The van der Waals surface area contributed by atoms with Crippen LogP contribution in [0.2, 0.25) is 0 Å². The van der Waals surface area contributed by atoms with Crippen LogP contribution < -0.4 is 20.5 Å². The van der Waals surface area contributed by atoms with Gasteiger partial charge in [-0.25, -0.2) is 0 Å². The van der Waals surface area contributed by atoms with E-state index in [1.54, 1.807) is 25.3 Å². The predicted molar refractivity (Wildman–Crippen MR) is 96.0 cm³/mol. The number of rotatable bonds is 8. The molecule has 0 saturated heterocycles. The van der Waals surface area contributed by atoms with Gasteiger partial charge >= 0.3 is 0 Å². The summed E-state index contributed by atoms with van der Waals surface area (Å²) < 4.78 is 10.7. The molecule has 6 nitrogen and oxygen atoms in total. The van der Waals surface area contributed by atoms with Gasteiger partial charge in [0.05, 0.1) is 13.7 Å². The lowest BCUT2D eigenvalue weighted by Gasteiger charge is -2.10. The normalized spacial score (nSPS) is 10.2. The number of benzene rings is 2. The molecule has 0 saturated carbocycles. The average molecular weight is 342 g/mol. The number of primary amides is 1. The average Bonchev–Trinajstić information content (AvgIpc) is 2.61. The second kappa shape index (κ2) is 8.73. The van der Waals surface area contributed by atoms with Crippen molar-refractivity contribution in [3.63, 3.8) is 0 Å². The molecule has 0 atom stereocenters. The standard InChI is InChI=1S/C19H22N2O4/c1-13-5-6-14(19(20)23)12-17(13)21-18(22)4-3-11-25-16-9-7-15(24-2)8-10-16/h5-10,12H,3-4,11H2,1-2H3,(H2,20,23)(H,21,22). The number of carbonyl (C=O) groups excluding carboxylic acids is 2. The summed E-state index contributed by atoms with van der Waals surface area (Å²) >= 11 is 0. The van der Waals surface area contributed by atoms with Gasteiger partial charge in [-0.1, -0.05) is 6.07 Å². The van der Waals surface area contributed by atoms with Gasteiger partial charge in [0.2, 0.25) is 11.8 Å². The van der Waals surface area contributed by atoms with Crippen LogP contribution in [0.3, 0.4) is 0 Å². The SMILES string of the molecule is COc1ccc(OCCCC(=O)Nc2cc(C(N)=O)ccc2C)cc1. The number of hydrogen-bond donors (Lipinski definition) is 2. The van der Waals surface area contributed by atoms with Crippen LogP contribution in [0.5, 0.6) is 11.5 Å². The third-order valence-electron chi connectivity index (χ3n) is 3.67. The van der Waals surface area contributed by atoms with Gasteiger partial charge in [-0.3, -0.25) is 9.59 Å². The summed E-state index contributed by atoms with van der Waals surface area (Å²) in [6, 6.07) is 12.2. The maximum Gasteiger partial charge on any atom is 0.248 e. The Bertz CT molecular complexity index is 742. The molecule has 2 aromatic rings. The van der Waals surface area contributed by atoms with Crippen molar-refractivity contribution in [2.45, 2.75) is 19.8 Å². The highest BCUT2D eigenvalue weighted by molar-refractivity contribution is 5.96. The van der Waals surface area contributed by atoms with Crippen molar-refractivity contribution in [2.75, 3.05) is 19.0 Å². The van der Waals surface area contributed by atoms with Crippen LogP contribution in [-0.4, -0.2) is 25.5 Å². The summed E-state index contributed by atoms with van der Waals surface area (Å²) in [7, 11) is 1.61. The molecule has 3 N–H and O–H groups in total. The van der Waals surface area contributed by atoms with E-state index in [1.807, 2.05) is 31.2 Å². The fraction of sp³-hybridized carbons (Fsp3) is 0.263. The highest BCUT2D eigenvalue weighted by Gasteiger charge is 2.08. The van der Waals surface area contributed by atoms with E-state index in [2.05, 4.69) is 5.32 Å². The Balaban J connectivity index is 1.78. The second-order valence-corrected chi connectivity index (χ2v) is 5.57. The molecule has 0 heterocycles. The number of nitrogens with two attached hydrogens (primary N) is 1. The molecule has 0 aliphatic rings. The van der Waals surface area contributed by atoms with E-state index in [0.29, 0.717) is 30.7 Å². The quantitative estimate of drug-likeness (QED) is 0.722. The molecule has 0 radical (unpaired) electrons. The minimum Gasteiger partial charge on any atom is -0.497 e. The second-order valence-electron chi connectivity index (χ2n) is 5.57. The summed E-state index contributed by atoms with van der Waals surface area (Å²) in [4.78, 5) is 23.3. The van der Waals surface area contributed by atoms with Crippen molar-refractivity contribution < 1.29 is 19.1 Å². The summed E-state index contributed by atoms with van der Waals surface area (Å²) in [5.41, 5.74) is 7.09. The number of nitrogens with one attached hydrogen (secondary N) is 1. The summed E-state index contributed by atoms with van der Waals surface area (Å²) in [6.45, 7) is 2.28. The van der Waals surface area contributed by atoms with Crippen molar-refractivity contribution in [1.82, 2.24) is 0 Å². The molecule has 2 amide bonds. The number of hydrogen-bond acceptors (Lipinski definition) is 4. The van der Waals surface area contributed by atoms with Gasteiger partial charge in [-0.15, -0.1) is 0 Å². The maximum absolute atomic E-state index is 12.0. The first-order valence-electron chi connectivity index (χ1n) is 7.97. The van der Waals surface area contributed by atoms with Crippen molar-refractivity contribution in [1.29, 1.82) is 0 Å². The van der Waals surface area contributed by atoms with Gasteiger partial charge in [0, 0.05) is 17.7 Å². The van der Waals surface area contributed by atoms with Gasteiger partial charge in [0.15, 0.2) is 0 Å². The first kappa shape index (κ1) is 18.3. The largest absolute Gasteiger partial charge is 0.497 e. The fourth-order valence-electron chi connectivity index (χ4n) is 2.22. The van der Waals surface area contributed by atoms with E-state index in [0.717, 1.165) is 17.1 Å². The number of ether oxygens (including phenoxy) is 2. The van der Waals surface area contributed by atoms with E-state index in [-0.39, 0.29) is 5.91 Å². The minimum atomic E-state index is -0.525. The predicted octanol–water partition coefficient (Wildman–Crippen LogP) is 2.90. The Hall–Kier alpha value is -3.02. The molecule has 132 valence electrons. The van der Waals surface area contributed by atoms with Crippen molar-refractivity contribution in [3.8, 4) is 11.5 Å². The topological polar surface area (TPSA) is 90.7 Å². The zero-order chi connectivity index (χ0) is 18.2. The molecule has 25 heavy (non-hydrogen) atoms. The lowest BCUT2D eigenvalue weighted by molar-refractivity contribution is -0.116. The Morgan fingerprint density at radius 2 is 1.76 bits per heavy atom. The zero-order valence-electron chi connectivity index (χ0n) is 14.4. The number of carbonyl (C=O) groups is 2. The van der Waals surface area contributed by atoms with Crippen molar-refractivity contribution >= 4 is 17.5 Å². The highest BCUT2D eigenvalue weighted by Crippen LogP contribution is 2.18. The fourth-order valence-corrected chi connectivity index (χ4v) is 2.22. The molecule has 6 heteroatoms. The Morgan fingerprint density at radius 1 is 1.08 bits per heavy atom. The van der Waals surface area contributed by atoms with E-state index >= 15 is 0 Å². The van der Waals surface area contributed by atoms with Crippen LogP contribution in [0.25, 0.3) is 0 Å². The van der Waals surface area contributed by atoms with Gasteiger partial charge in [0.1, 0.15) is 11.5 Å². The maximum atomic E-state index is 12.0. The molecule has 0 aliphatic carbocycles. The molecule has 0 aliphatic heterocycles. The first-order valence-corrected chi connectivity index (χ1v) is 7.97. The van der Waals surface area contributed by atoms with E-state index in [9.17, 15) is 9.59 Å². The minimum absolute atomic E-state index is 0.136. The van der Waals surface area contributed by atoms with E-state index < -0.39 is 5.91 Å². The summed E-state index contributed by atoms with van der Waals surface area (Å²) in [5, 5.41) is 2.80. The molecule has 2 aromatic carbocycles. The van der Waals surface area contributed by atoms with Crippen LogP contribution in [-0.2, 0) is 4.79 Å². The molecule has 0 spiro atoms. The number of amides is 2. The smallest absolute Gasteiger partial charge is 0.248 e. The van der Waals surface area contributed by atoms with Crippen LogP contribution >= 0.6 is 0 Å². The lowest BCUT2D eigenvalue weighted by Crippen LogP contribution is -2.15. The highest BCUT2D eigenvalue weighted by atomic mass is 16.5. The zero-order valence-corrected chi connectivity index (χ0v) is 14.4. The molecule has 0 fully saturated rings. The van der Waals surface area contributed by atoms with Crippen LogP contribution in [0.4, 0.5) is 5.69 Å². The molecule has 2 rings (SSSR count). The van der Waals surface area contributed by atoms with Crippen LogP contribution in [0.15, 0.2) is 42.5 Å². The molecular weight excluding hydrogens is 320 g/mol. The monoisotopic (exact) mass is 342 g/mol. The third-order valence-corrected chi connectivity index (χ3v) is 3.67. The number of anilines is 1. The number of methoxy groups -OCH3 is 1. The first-order chi connectivity index (χ1) is 12.0. The lowest BCUT2D eigenvalue weighted by atomic mass is 10.1. The van der Waals surface area contributed by atoms with Crippen molar-refractivity contribution in [2.24, 2.45) is 5.73 Å².